The first-order chi connectivity index (χ1) is 8.70. The molecule has 0 amide bonds. The number of ether oxygens (including phenoxy) is 2. The maximum absolute atomic E-state index is 5.39. The summed E-state index contributed by atoms with van der Waals surface area (Å²) in [6, 6.07) is 0. The van der Waals surface area contributed by atoms with Crippen molar-refractivity contribution in [2.45, 2.75) is 25.7 Å². The molecule has 0 aliphatic rings. The van der Waals surface area contributed by atoms with Gasteiger partial charge in [-0.25, -0.2) is 0 Å². The lowest BCUT2D eigenvalue weighted by atomic mass is 10.2. The molecule has 0 rings (SSSR count). The van der Waals surface area contributed by atoms with E-state index in [1.54, 1.807) is 0 Å². The molecule has 2 nitrogen and oxygen atoms in total. The van der Waals surface area contributed by atoms with Gasteiger partial charge < -0.3 is 9.47 Å². The molecular formula is C16H22O2. The summed E-state index contributed by atoms with van der Waals surface area (Å²) in [7, 11) is 0. The van der Waals surface area contributed by atoms with Crippen molar-refractivity contribution in [3.8, 4) is 24.7 Å². The van der Waals surface area contributed by atoms with E-state index in [9.17, 15) is 0 Å². The lowest BCUT2D eigenvalue weighted by Gasteiger charge is -2.05. The van der Waals surface area contributed by atoms with Gasteiger partial charge in [0.2, 0.25) is 0 Å². The van der Waals surface area contributed by atoms with Crippen LogP contribution in [0.3, 0.4) is 0 Å². The second kappa shape index (κ2) is 12.0. The molecule has 0 aromatic rings. The molecular weight excluding hydrogens is 224 g/mol. The Balaban J connectivity index is 3.13. The molecule has 0 radical (unpaired) electrons. The van der Waals surface area contributed by atoms with Crippen molar-refractivity contribution in [1.29, 1.82) is 0 Å². The number of allylic oxidation sites excluding steroid dienone is 2. The first-order valence-electron chi connectivity index (χ1n) is 6.15. The van der Waals surface area contributed by atoms with Crippen LogP contribution in [0, 0.1) is 24.7 Å². The van der Waals surface area contributed by atoms with Crippen LogP contribution >= 0.6 is 0 Å². The zero-order valence-electron chi connectivity index (χ0n) is 11.0. The standard InChI is InChI=1S/C16H22O2/c1-5-15(3)9-7-11-17-13-14-18-12-8-10-16(4)6-2/h1-2H,3-4,7-14H2. The molecule has 0 N–H and O–H groups in total. The Kier molecular flexibility index (Phi) is 11.0. The average molecular weight is 246 g/mol. The van der Waals surface area contributed by atoms with Crippen LogP contribution in [0.2, 0.25) is 0 Å². The van der Waals surface area contributed by atoms with E-state index >= 15 is 0 Å². The van der Waals surface area contributed by atoms with Crippen molar-refractivity contribution in [3.63, 3.8) is 0 Å². The summed E-state index contributed by atoms with van der Waals surface area (Å²) in [5.74, 6) is 5.02. The summed E-state index contributed by atoms with van der Waals surface area (Å²) in [5.41, 5.74) is 1.65. The van der Waals surface area contributed by atoms with Gasteiger partial charge in [0, 0.05) is 13.2 Å². The minimum atomic E-state index is 0.610. The Morgan fingerprint density at radius 3 is 1.50 bits per heavy atom. The van der Waals surface area contributed by atoms with Crippen LogP contribution in [0.15, 0.2) is 24.3 Å². The minimum Gasteiger partial charge on any atom is -0.379 e. The fraction of sp³-hybridized carbons (Fsp3) is 0.500. The van der Waals surface area contributed by atoms with Gasteiger partial charge in [0.1, 0.15) is 0 Å². The van der Waals surface area contributed by atoms with Crippen LogP contribution in [0.4, 0.5) is 0 Å². The summed E-state index contributed by atoms with van der Waals surface area (Å²) in [4.78, 5) is 0. The molecule has 0 saturated heterocycles. The molecule has 0 aromatic carbocycles. The monoisotopic (exact) mass is 246 g/mol. The second-order valence-corrected chi connectivity index (χ2v) is 3.93. The van der Waals surface area contributed by atoms with E-state index in [-0.39, 0.29) is 0 Å². The maximum Gasteiger partial charge on any atom is 0.0700 e. The molecule has 0 aliphatic heterocycles. The molecule has 0 fully saturated rings. The highest BCUT2D eigenvalue weighted by molar-refractivity contribution is 5.21. The molecule has 0 spiro atoms. The third kappa shape index (κ3) is 11.0. The first kappa shape index (κ1) is 16.5. The number of hydrogen-bond donors (Lipinski definition) is 0. The van der Waals surface area contributed by atoms with Gasteiger partial charge in [0.15, 0.2) is 0 Å². The second-order valence-electron chi connectivity index (χ2n) is 3.93. The van der Waals surface area contributed by atoms with E-state index < -0.39 is 0 Å². The van der Waals surface area contributed by atoms with Gasteiger partial charge in [0.05, 0.1) is 13.2 Å². The lowest BCUT2D eigenvalue weighted by molar-refractivity contribution is 0.0463. The van der Waals surface area contributed by atoms with Crippen molar-refractivity contribution >= 4 is 0 Å². The van der Waals surface area contributed by atoms with Crippen LogP contribution < -0.4 is 0 Å². The van der Waals surface area contributed by atoms with Gasteiger partial charge in [-0.1, -0.05) is 25.0 Å². The fourth-order valence-corrected chi connectivity index (χ4v) is 1.24. The quantitative estimate of drug-likeness (QED) is 0.412. The van der Waals surface area contributed by atoms with Crippen LogP contribution in [0.5, 0.6) is 0 Å². The highest BCUT2D eigenvalue weighted by atomic mass is 16.5. The van der Waals surface area contributed by atoms with Gasteiger partial charge >= 0.3 is 0 Å². The largest absolute Gasteiger partial charge is 0.379 e. The molecule has 0 heterocycles. The number of hydrogen-bond acceptors (Lipinski definition) is 2. The topological polar surface area (TPSA) is 18.5 Å². The van der Waals surface area contributed by atoms with Crippen molar-refractivity contribution in [1.82, 2.24) is 0 Å². The van der Waals surface area contributed by atoms with Gasteiger partial charge in [-0.15, -0.1) is 12.8 Å². The Morgan fingerprint density at radius 1 is 0.778 bits per heavy atom. The number of rotatable bonds is 11. The maximum atomic E-state index is 5.39. The SMILES string of the molecule is C#CC(=C)CCCOCCOCCCC(=C)C#C. The predicted molar refractivity (Wildman–Crippen MR) is 76.1 cm³/mol. The molecule has 0 bridgehead atoms. The summed E-state index contributed by atoms with van der Waals surface area (Å²) >= 11 is 0. The zero-order valence-corrected chi connectivity index (χ0v) is 11.0. The van der Waals surface area contributed by atoms with Gasteiger partial charge in [0.25, 0.3) is 0 Å². The highest BCUT2D eigenvalue weighted by Crippen LogP contribution is 2.01. The van der Waals surface area contributed by atoms with E-state index in [0.717, 1.165) is 36.8 Å². The van der Waals surface area contributed by atoms with Gasteiger partial charge in [-0.2, -0.15) is 0 Å². The molecule has 0 atom stereocenters. The predicted octanol–water partition coefficient (Wildman–Crippen LogP) is 2.96. The Bertz CT molecular complexity index is 294. The van der Waals surface area contributed by atoms with E-state index in [1.807, 2.05) is 0 Å². The molecule has 0 saturated carbocycles. The average Bonchev–Trinajstić information content (AvgIpc) is 2.40. The normalized spacial score (nSPS) is 9.44. The molecule has 98 valence electrons. The van der Waals surface area contributed by atoms with E-state index in [4.69, 9.17) is 22.3 Å². The molecule has 0 aliphatic carbocycles. The summed E-state index contributed by atoms with van der Waals surface area (Å²) in [6.07, 6.45) is 13.8. The van der Waals surface area contributed by atoms with Crippen LogP contribution in [-0.2, 0) is 9.47 Å². The third-order valence-corrected chi connectivity index (χ3v) is 2.31. The molecule has 0 unspecified atom stereocenters. The zero-order chi connectivity index (χ0) is 13.6. The fourth-order valence-electron chi connectivity index (χ4n) is 1.24. The van der Waals surface area contributed by atoms with Crippen molar-refractivity contribution < 1.29 is 9.47 Å². The summed E-state index contributed by atoms with van der Waals surface area (Å²) in [6.45, 7) is 10.1. The Morgan fingerprint density at radius 2 is 1.17 bits per heavy atom. The molecule has 18 heavy (non-hydrogen) atoms. The van der Waals surface area contributed by atoms with Crippen LogP contribution in [0.25, 0.3) is 0 Å². The minimum absolute atomic E-state index is 0.610. The van der Waals surface area contributed by atoms with Crippen molar-refractivity contribution in [2.75, 3.05) is 26.4 Å². The molecule has 2 heteroatoms. The Labute approximate surface area is 111 Å². The third-order valence-electron chi connectivity index (χ3n) is 2.31. The summed E-state index contributed by atoms with van der Waals surface area (Å²) < 4.78 is 10.8. The Hall–Kier alpha value is -1.48. The van der Waals surface area contributed by atoms with Crippen LogP contribution in [-0.4, -0.2) is 26.4 Å². The molecule has 0 aromatic heterocycles. The highest BCUT2D eigenvalue weighted by Gasteiger charge is 1.94. The van der Waals surface area contributed by atoms with Crippen LogP contribution in [0.1, 0.15) is 25.7 Å². The van der Waals surface area contributed by atoms with Gasteiger partial charge in [-0.3, -0.25) is 0 Å². The van der Waals surface area contributed by atoms with Crippen molar-refractivity contribution in [3.05, 3.63) is 24.3 Å². The van der Waals surface area contributed by atoms with Gasteiger partial charge in [-0.05, 0) is 36.8 Å². The number of terminal acetylenes is 2. The van der Waals surface area contributed by atoms with E-state index in [0.29, 0.717) is 26.4 Å². The summed E-state index contributed by atoms with van der Waals surface area (Å²) in [5, 5.41) is 0. The van der Waals surface area contributed by atoms with Crippen molar-refractivity contribution in [2.24, 2.45) is 0 Å². The first-order valence-corrected chi connectivity index (χ1v) is 6.15. The van der Waals surface area contributed by atoms with E-state index in [1.165, 1.54) is 0 Å². The van der Waals surface area contributed by atoms with E-state index in [2.05, 4.69) is 25.0 Å². The smallest absolute Gasteiger partial charge is 0.0700 e. The lowest BCUT2D eigenvalue weighted by Crippen LogP contribution is -2.06.